The summed E-state index contributed by atoms with van der Waals surface area (Å²) in [6.45, 7) is 0. The molecule has 0 aliphatic rings. The highest BCUT2D eigenvalue weighted by molar-refractivity contribution is 6.15. The number of hydrogen-bond donors (Lipinski definition) is 0. The van der Waals surface area contributed by atoms with Crippen LogP contribution < -0.4 is 0 Å². The van der Waals surface area contributed by atoms with E-state index in [1.807, 2.05) is 37.4 Å². The zero-order valence-electron chi connectivity index (χ0n) is 9.87. The van der Waals surface area contributed by atoms with E-state index in [1.165, 1.54) is 0 Å². The molecule has 0 saturated carbocycles. The van der Waals surface area contributed by atoms with Crippen molar-refractivity contribution in [2.45, 2.75) is 0 Å². The second-order valence-corrected chi connectivity index (χ2v) is 4.09. The van der Waals surface area contributed by atoms with Crippen LogP contribution in [0.4, 0.5) is 0 Å². The lowest BCUT2D eigenvalue weighted by molar-refractivity contribution is 0.103. The van der Waals surface area contributed by atoms with Crippen LogP contribution >= 0.6 is 0 Å². The van der Waals surface area contributed by atoms with E-state index in [1.54, 1.807) is 23.3 Å². The van der Waals surface area contributed by atoms with Gasteiger partial charge in [0.25, 0.3) is 0 Å². The maximum absolute atomic E-state index is 12.5. The van der Waals surface area contributed by atoms with Crippen molar-refractivity contribution in [2.24, 2.45) is 7.05 Å². The maximum Gasteiger partial charge on any atom is 0.211 e. The molecular weight excluding hydrogens is 226 g/mol. The molecule has 0 amide bonds. The second kappa shape index (κ2) is 4.07. The third-order valence-electron chi connectivity index (χ3n) is 2.94. The smallest absolute Gasteiger partial charge is 0.211 e. The van der Waals surface area contributed by atoms with Crippen LogP contribution in [0, 0.1) is 0 Å². The van der Waals surface area contributed by atoms with Gasteiger partial charge in [0.1, 0.15) is 5.69 Å². The number of pyridine rings is 1. The van der Waals surface area contributed by atoms with Crippen molar-refractivity contribution in [3.05, 3.63) is 60.3 Å². The summed E-state index contributed by atoms with van der Waals surface area (Å²) >= 11 is 0. The molecule has 2 heterocycles. The van der Waals surface area contributed by atoms with E-state index in [0.717, 1.165) is 10.9 Å². The van der Waals surface area contributed by atoms with Gasteiger partial charge in [-0.05, 0) is 12.1 Å². The average molecular weight is 237 g/mol. The van der Waals surface area contributed by atoms with Gasteiger partial charge in [-0.25, -0.2) is 4.98 Å². The fourth-order valence-electron chi connectivity index (χ4n) is 2.02. The number of aryl methyl sites for hydroxylation is 1. The third-order valence-corrected chi connectivity index (χ3v) is 2.94. The molecule has 3 rings (SSSR count). The summed E-state index contributed by atoms with van der Waals surface area (Å²) in [5.74, 6) is -0.0337. The predicted molar refractivity (Wildman–Crippen MR) is 68.4 cm³/mol. The van der Waals surface area contributed by atoms with Crippen LogP contribution in [0.15, 0.2) is 49.1 Å². The van der Waals surface area contributed by atoms with Gasteiger partial charge in [-0.2, -0.15) is 0 Å². The quantitative estimate of drug-likeness (QED) is 0.642. The number of hydrogen-bond acceptors (Lipinski definition) is 3. The number of rotatable bonds is 2. The van der Waals surface area contributed by atoms with Gasteiger partial charge in [-0.15, -0.1) is 0 Å². The SMILES string of the molecule is Cn1cncc1C(=O)c1cccc2ncccc12. The van der Waals surface area contributed by atoms with Crippen molar-refractivity contribution in [3.8, 4) is 0 Å². The molecule has 0 N–H and O–H groups in total. The minimum atomic E-state index is -0.0337. The summed E-state index contributed by atoms with van der Waals surface area (Å²) in [6.07, 6.45) is 4.93. The lowest BCUT2D eigenvalue weighted by atomic mass is 10.0. The summed E-state index contributed by atoms with van der Waals surface area (Å²) in [5, 5.41) is 0.867. The molecule has 0 fully saturated rings. The molecule has 4 heteroatoms. The number of nitrogens with zero attached hydrogens (tertiary/aromatic N) is 3. The van der Waals surface area contributed by atoms with Crippen LogP contribution in [0.5, 0.6) is 0 Å². The molecule has 0 spiro atoms. The molecule has 0 aliphatic heterocycles. The average Bonchev–Trinajstić information content (AvgIpc) is 2.83. The highest BCUT2D eigenvalue weighted by atomic mass is 16.1. The minimum Gasteiger partial charge on any atom is -0.331 e. The number of fused-ring (bicyclic) bond motifs is 1. The molecule has 1 aromatic carbocycles. The number of ketones is 1. The van der Waals surface area contributed by atoms with E-state index in [9.17, 15) is 4.79 Å². The van der Waals surface area contributed by atoms with E-state index in [2.05, 4.69) is 9.97 Å². The number of imidazole rings is 1. The third kappa shape index (κ3) is 1.59. The Hall–Kier alpha value is -2.49. The van der Waals surface area contributed by atoms with Gasteiger partial charge in [0.2, 0.25) is 5.78 Å². The molecule has 2 aromatic heterocycles. The second-order valence-electron chi connectivity index (χ2n) is 4.09. The van der Waals surface area contributed by atoms with E-state index >= 15 is 0 Å². The molecule has 3 aromatic rings. The molecular formula is C14H11N3O. The Morgan fingerprint density at radius 3 is 2.89 bits per heavy atom. The van der Waals surface area contributed by atoms with E-state index < -0.39 is 0 Å². The Morgan fingerprint density at radius 1 is 1.22 bits per heavy atom. The maximum atomic E-state index is 12.5. The van der Waals surface area contributed by atoms with Crippen LogP contribution in [-0.4, -0.2) is 20.3 Å². The number of carbonyl (C=O) groups excluding carboxylic acids is 1. The molecule has 0 atom stereocenters. The normalized spacial score (nSPS) is 10.7. The topological polar surface area (TPSA) is 47.8 Å². The highest BCUT2D eigenvalue weighted by Gasteiger charge is 2.15. The highest BCUT2D eigenvalue weighted by Crippen LogP contribution is 2.19. The van der Waals surface area contributed by atoms with Gasteiger partial charge in [-0.1, -0.05) is 18.2 Å². The molecule has 0 saturated heterocycles. The zero-order chi connectivity index (χ0) is 12.5. The fourth-order valence-corrected chi connectivity index (χ4v) is 2.02. The first kappa shape index (κ1) is 10.7. The molecule has 18 heavy (non-hydrogen) atoms. The Bertz CT molecular complexity index is 725. The Morgan fingerprint density at radius 2 is 2.11 bits per heavy atom. The summed E-state index contributed by atoms with van der Waals surface area (Å²) in [5.41, 5.74) is 2.06. The summed E-state index contributed by atoms with van der Waals surface area (Å²) in [6, 6.07) is 9.31. The molecule has 0 aliphatic carbocycles. The van der Waals surface area contributed by atoms with Crippen molar-refractivity contribution in [2.75, 3.05) is 0 Å². The number of carbonyl (C=O) groups is 1. The monoisotopic (exact) mass is 237 g/mol. The lowest BCUT2D eigenvalue weighted by Gasteiger charge is -2.05. The van der Waals surface area contributed by atoms with Crippen molar-refractivity contribution in [1.82, 2.24) is 14.5 Å². The van der Waals surface area contributed by atoms with E-state index in [-0.39, 0.29) is 5.78 Å². The van der Waals surface area contributed by atoms with Crippen molar-refractivity contribution >= 4 is 16.7 Å². The lowest BCUT2D eigenvalue weighted by Crippen LogP contribution is -2.07. The molecule has 0 unspecified atom stereocenters. The largest absolute Gasteiger partial charge is 0.331 e. The first-order valence-corrected chi connectivity index (χ1v) is 5.62. The van der Waals surface area contributed by atoms with Crippen LogP contribution in [0.2, 0.25) is 0 Å². The van der Waals surface area contributed by atoms with Crippen molar-refractivity contribution in [3.63, 3.8) is 0 Å². The Balaban J connectivity index is 2.21. The van der Waals surface area contributed by atoms with Gasteiger partial charge in [0.05, 0.1) is 18.0 Å². The van der Waals surface area contributed by atoms with Crippen LogP contribution in [0.3, 0.4) is 0 Å². The Kier molecular flexibility index (Phi) is 2.41. The van der Waals surface area contributed by atoms with Gasteiger partial charge >= 0.3 is 0 Å². The number of aromatic nitrogens is 3. The van der Waals surface area contributed by atoms with Crippen LogP contribution in [0.25, 0.3) is 10.9 Å². The van der Waals surface area contributed by atoms with E-state index in [4.69, 9.17) is 0 Å². The standard InChI is InChI=1S/C14H11N3O/c1-17-9-15-8-13(17)14(18)11-4-2-6-12-10(11)5-3-7-16-12/h2-9H,1H3. The molecule has 0 radical (unpaired) electrons. The zero-order valence-corrected chi connectivity index (χ0v) is 9.87. The predicted octanol–water partition coefficient (Wildman–Crippen LogP) is 2.20. The fraction of sp³-hybridized carbons (Fsp3) is 0.0714. The summed E-state index contributed by atoms with van der Waals surface area (Å²) < 4.78 is 1.72. The van der Waals surface area contributed by atoms with Crippen molar-refractivity contribution < 1.29 is 4.79 Å². The van der Waals surface area contributed by atoms with Gasteiger partial charge < -0.3 is 4.57 Å². The van der Waals surface area contributed by atoms with Gasteiger partial charge in [0.15, 0.2) is 0 Å². The van der Waals surface area contributed by atoms with Crippen molar-refractivity contribution in [1.29, 1.82) is 0 Å². The first-order valence-electron chi connectivity index (χ1n) is 5.62. The van der Waals surface area contributed by atoms with E-state index in [0.29, 0.717) is 11.3 Å². The first-order chi connectivity index (χ1) is 8.77. The number of benzene rings is 1. The van der Waals surface area contributed by atoms with Crippen LogP contribution in [0.1, 0.15) is 16.1 Å². The van der Waals surface area contributed by atoms with Gasteiger partial charge in [-0.3, -0.25) is 9.78 Å². The molecule has 4 nitrogen and oxygen atoms in total. The minimum absolute atomic E-state index is 0.0337. The van der Waals surface area contributed by atoms with Gasteiger partial charge in [0, 0.05) is 24.2 Å². The molecule has 88 valence electrons. The Labute approximate surface area is 104 Å². The molecule has 0 bridgehead atoms. The summed E-state index contributed by atoms with van der Waals surface area (Å²) in [7, 11) is 1.81. The van der Waals surface area contributed by atoms with Crippen LogP contribution in [-0.2, 0) is 7.05 Å². The summed E-state index contributed by atoms with van der Waals surface area (Å²) in [4.78, 5) is 20.7.